The zero-order valence-electron chi connectivity index (χ0n) is 11.5. The van der Waals surface area contributed by atoms with Crippen molar-refractivity contribution in [1.82, 2.24) is 4.98 Å². The molecule has 0 unspecified atom stereocenters. The summed E-state index contributed by atoms with van der Waals surface area (Å²) < 4.78 is 48.7. The number of sulfone groups is 1. The third kappa shape index (κ3) is 6.98. The average Bonchev–Trinajstić information content (AvgIpc) is 2.37. The normalized spacial score (nSPS) is 11.4. The van der Waals surface area contributed by atoms with Crippen LogP contribution in [0.1, 0.15) is 0 Å². The van der Waals surface area contributed by atoms with Gasteiger partial charge in [0, 0.05) is 24.2 Å². The van der Waals surface area contributed by atoms with E-state index in [0.717, 1.165) is 11.1 Å². The Morgan fingerprint density at radius 3 is 2.00 bits per heavy atom. The summed E-state index contributed by atoms with van der Waals surface area (Å²) in [7, 11) is -6.82. The van der Waals surface area contributed by atoms with Gasteiger partial charge in [0.2, 0.25) is 0 Å². The van der Waals surface area contributed by atoms with Crippen LogP contribution in [-0.4, -0.2) is 38.9 Å². The Hall–Kier alpha value is -1.77. The minimum absolute atomic E-state index is 0.328. The summed E-state index contributed by atoms with van der Waals surface area (Å²) in [6.45, 7) is 0. The maximum atomic E-state index is 11.4. The van der Waals surface area contributed by atoms with Gasteiger partial charge in [-0.1, -0.05) is 18.2 Å². The van der Waals surface area contributed by atoms with Crippen molar-refractivity contribution in [3.05, 3.63) is 48.8 Å². The molecule has 0 aliphatic heterocycles. The molecule has 0 amide bonds. The minimum atomic E-state index is -3.67. The standard InChI is InChI=1S/C12H11NO2S.CH4O3S/c1-16(14,15)12-6-2-4-10(8-12)11-5-3-7-13-9-11;1-5(2,3)4/h2-9H,1H3;1H3,(H,2,3,4). The number of nitrogens with zero attached hydrogens (tertiary/aromatic N) is 1. The molecule has 0 aliphatic carbocycles. The summed E-state index contributed by atoms with van der Waals surface area (Å²) in [5, 5.41) is 0. The molecule has 0 radical (unpaired) electrons. The van der Waals surface area contributed by atoms with Gasteiger partial charge in [0.05, 0.1) is 11.2 Å². The third-order valence-electron chi connectivity index (χ3n) is 2.26. The summed E-state index contributed by atoms with van der Waals surface area (Å²) in [6.07, 6.45) is 5.31. The van der Waals surface area contributed by atoms with Gasteiger partial charge in [0.1, 0.15) is 0 Å². The zero-order chi connectivity index (χ0) is 16.1. The summed E-state index contributed by atoms with van der Waals surface area (Å²) in [5.41, 5.74) is 1.77. The Labute approximate surface area is 124 Å². The van der Waals surface area contributed by atoms with Gasteiger partial charge < -0.3 is 0 Å². The van der Waals surface area contributed by atoms with Crippen LogP contribution < -0.4 is 0 Å². The van der Waals surface area contributed by atoms with Gasteiger partial charge in [-0.3, -0.25) is 9.54 Å². The van der Waals surface area contributed by atoms with E-state index < -0.39 is 20.0 Å². The summed E-state index contributed by atoms with van der Waals surface area (Å²) in [5.74, 6) is 0. The molecule has 8 heteroatoms. The highest BCUT2D eigenvalue weighted by Crippen LogP contribution is 2.21. The van der Waals surface area contributed by atoms with Crippen LogP contribution in [0.25, 0.3) is 11.1 Å². The van der Waals surface area contributed by atoms with Gasteiger partial charge in [0.15, 0.2) is 9.84 Å². The molecule has 0 aliphatic rings. The maximum absolute atomic E-state index is 11.4. The first-order valence-corrected chi connectivity index (χ1v) is 9.44. The second kappa shape index (κ2) is 6.79. The number of benzene rings is 1. The van der Waals surface area contributed by atoms with Crippen LogP contribution in [0.3, 0.4) is 0 Å². The van der Waals surface area contributed by atoms with Gasteiger partial charge >= 0.3 is 0 Å². The number of rotatable bonds is 2. The fourth-order valence-electron chi connectivity index (χ4n) is 1.44. The van der Waals surface area contributed by atoms with Crippen molar-refractivity contribution in [1.29, 1.82) is 0 Å². The van der Waals surface area contributed by atoms with E-state index in [4.69, 9.17) is 4.55 Å². The molecule has 0 spiro atoms. The largest absolute Gasteiger partial charge is 0.286 e. The van der Waals surface area contributed by atoms with E-state index in [9.17, 15) is 16.8 Å². The van der Waals surface area contributed by atoms with E-state index in [0.29, 0.717) is 11.2 Å². The van der Waals surface area contributed by atoms with Crippen LogP contribution >= 0.6 is 0 Å². The van der Waals surface area contributed by atoms with Crippen LogP contribution in [0.4, 0.5) is 0 Å². The zero-order valence-corrected chi connectivity index (χ0v) is 13.1. The predicted octanol–water partition coefficient (Wildman–Crippen LogP) is 1.66. The Balaban J connectivity index is 0.000000383. The molecule has 0 saturated carbocycles. The highest BCUT2D eigenvalue weighted by Gasteiger charge is 2.07. The van der Waals surface area contributed by atoms with Crippen LogP contribution in [0.5, 0.6) is 0 Å². The molecule has 0 saturated heterocycles. The molecule has 0 atom stereocenters. The van der Waals surface area contributed by atoms with Crippen LogP contribution in [0, 0.1) is 0 Å². The van der Waals surface area contributed by atoms with Gasteiger partial charge in [0.25, 0.3) is 10.1 Å². The molecule has 0 fully saturated rings. The molecule has 0 bridgehead atoms. The second-order valence-corrected chi connectivity index (χ2v) is 7.76. The van der Waals surface area contributed by atoms with Crippen molar-refractivity contribution in [2.24, 2.45) is 0 Å². The summed E-state index contributed by atoms with van der Waals surface area (Å²) >= 11 is 0. The number of pyridine rings is 1. The molecular weight excluding hydrogens is 314 g/mol. The van der Waals surface area contributed by atoms with Crippen molar-refractivity contribution in [2.75, 3.05) is 12.5 Å². The number of aromatic nitrogens is 1. The lowest BCUT2D eigenvalue weighted by Crippen LogP contribution is -1.96. The molecule has 6 nitrogen and oxygen atoms in total. The van der Waals surface area contributed by atoms with E-state index in [-0.39, 0.29) is 0 Å². The maximum Gasteiger partial charge on any atom is 0.261 e. The lowest BCUT2D eigenvalue weighted by molar-refractivity contribution is 0.490. The Morgan fingerprint density at radius 1 is 0.952 bits per heavy atom. The Bertz CT molecular complexity index is 791. The fourth-order valence-corrected chi connectivity index (χ4v) is 2.11. The highest BCUT2D eigenvalue weighted by atomic mass is 32.2. The second-order valence-electron chi connectivity index (χ2n) is 4.27. The molecule has 1 N–H and O–H groups in total. The van der Waals surface area contributed by atoms with Crippen LogP contribution in [0.15, 0.2) is 53.7 Å². The molecule has 1 heterocycles. The van der Waals surface area contributed by atoms with Gasteiger partial charge in [-0.25, -0.2) is 8.42 Å². The molecular formula is C13H15NO5S2. The first-order chi connectivity index (χ1) is 9.57. The molecule has 1 aromatic carbocycles. The highest BCUT2D eigenvalue weighted by molar-refractivity contribution is 7.90. The van der Waals surface area contributed by atoms with Crippen molar-refractivity contribution in [3.63, 3.8) is 0 Å². The predicted molar refractivity (Wildman–Crippen MR) is 80.3 cm³/mol. The first-order valence-electron chi connectivity index (χ1n) is 5.70. The molecule has 2 rings (SSSR count). The lowest BCUT2D eigenvalue weighted by atomic mass is 10.1. The molecule has 114 valence electrons. The lowest BCUT2D eigenvalue weighted by Gasteiger charge is -2.03. The van der Waals surface area contributed by atoms with E-state index >= 15 is 0 Å². The van der Waals surface area contributed by atoms with Gasteiger partial charge in [-0.05, 0) is 23.8 Å². The van der Waals surface area contributed by atoms with Crippen LogP contribution in [0.2, 0.25) is 0 Å². The van der Waals surface area contributed by atoms with Crippen molar-refractivity contribution in [3.8, 4) is 11.1 Å². The number of hydrogen-bond donors (Lipinski definition) is 1. The molecule has 21 heavy (non-hydrogen) atoms. The quantitative estimate of drug-likeness (QED) is 0.841. The number of hydrogen-bond acceptors (Lipinski definition) is 5. The Kier molecular flexibility index (Phi) is 5.59. The van der Waals surface area contributed by atoms with E-state index in [1.54, 1.807) is 30.6 Å². The van der Waals surface area contributed by atoms with Gasteiger partial charge in [-0.2, -0.15) is 8.42 Å². The van der Waals surface area contributed by atoms with Crippen molar-refractivity contribution in [2.45, 2.75) is 4.90 Å². The summed E-state index contributed by atoms with van der Waals surface area (Å²) in [4.78, 5) is 4.33. The third-order valence-corrected chi connectivity index (χ3v) is 3.37. The summed E-state index contributed by atoms with van der Waals surface area (Å²) in [6, 6.07) is 10.6. The first kappa shape index (κ1) is 17.3. The smallest absolute Gasteiger partial charge is 0.261 e. The average molecular weight is 329 g/mol. The topological polar surface area (TPSA) is 101 Å². The SMILES string of the molecule is CS(=O)(=O)O.CS(=O)(=O)c1cccc(-c2cccnc2)c1. The van der Waals surface area contributed by atoms with E-state index in [1.165, 1.54) is 6.26 Å². The van der Waals surface area contributed by atoms with Crippen molar-refractivity contribution < 1.29 is 21.4 Å². The van der Waals surface area contributed by atoms with Crippen LogP contribution in [-0.2, 0) is 20.0 Å². The molecule has 1 aromatic heterocycles. The minimum Gasteiger partial charge on any atom is -0.286 e. The monoisotopic (exact) mass is 329 g/mol. The van der Waals surface area contributed by atoms with E-state index in [1.807, 2.05) is 18.2 Å². The Morgan fingerprint density at radius 2 is 1.52 bits per heavy atom. The van der Waals surface area contributed by atoms with E-state index in [2.05, 4.69) is 4.98 Å². The van der Waals surface area contributed by atoms with Crippen molar-refractivity contribution >= 4 is 20.0 Å². The van der Waals surface area contributed by atoms with Gasteiger partial charge in [-0.15, -0.1) is 0 Å². The molecule has 2 aromatic rings. The fraction of sp³-hybridized carbons (Fsp3) is 0.154.